The van der Waals surface area contributed by atoms with E-state index in [9.17, 15) is 4.79 Å². The van der Waals surface area contributed by atoms with Crippen molar-refractivity contribution >= 4 is 43.5 Å². The molecule has 0 saturated carbocycles. The van der Waals surface area contributed by atoms with Crippen molar-refractivity contribution in [3.63, 3.8) is 0 Å². The fourth-order valence-electron chi connectivity index (χ4n) is 3.84. The van der Waals surface area contributed by atoms with Crippen molar-refractivity contribution in [2.45, 2.75) is 0 Å². The van der Waals surface area contributed by atoms with E-state index in [0.29, 0.717) is 28.2 Å². The SMILES string of the molecule is N#CCOc1ccc2cc(-c3oc4ccccc4c3C(=O)c3ccccc3)ccc2c1Br. The van der Waals surface area contributed by atoms with Gasteiger partial charge in [-0.2, -0.15) is 5.26 Å². The molecule has 0 spiro atoms. The van der Waals surface area contributed by atoms with Crippen molar-refractivity contribution < 1.29 is 13.9 Å². The van der Waals surface area contributed by atoms with E-state index >= 15 is 0 Å². The van der Waals surface area contributed by atoms with E-state index < -0.39 is 0 Å². The Morgan fingerprint density at radius 3 is 2.53 bits per heavy atom. The topological polar surface area (TPSA) is 63.2 Å². The summed E-state index contributed by atoms with van der Waals surface area (Å²) in [6.07, 6.45) is 0. The first-order valence-electron chi connectivity index (χ1n) is 10.0. The molecule has 0 saturated heterocycles. The van der Waals surface area contributed by atoms with Gasteiger partial charge in [0.1, 0.15) is 23.2 Å². The first-order valence-corrected chi connectivity index (χ1v) is 10.8. The molecule has 0 N–H and O–H groups in total. The second-order valence-corrected chi connectivity index (χ2v) is 8.05. The van der Waals surface area contributed by atoms with Gasteiger partial charge in [-0.15, -0.1) is 0 Å². The largest absolute Gasteiger partial charge is 0.478 e. The van der Waals surface area contributed by atoms with E-state index in [0.717, 1.165) is 26.2 Å². The van der Waals surface area contributed by atoms with Gasteiger partial charge in [0.25, 0.3) is 0 Å². The molecule has 32 heavy (non-hydrogen) atoms. The van der Waals surface area contributed by atoms with E-state index in [-0.39, 0.29) is 12.4 Å². The highest BCUT2D eigenvalue weighted by Crippen LogP contribution is 2.39. The molecular weight excluding hydrogens is 466 g/mol. The maximum absolute atomic E-state index is 13.5. The lowest BCUT2D eigenvalue weighted by Gasteiger charge is -2.09. The van der Waals surface area contributed by atoms with Crippen molar-refractivity contribution in [1.82, 2.24) is 0 Å². The molecule has 0 bridgehead atoms. The highest BCUT2D eigenvalue weighted by molar-refractivity contribution is 9.10. The quantitative estimate of drug-likeness (QED) is 0.250. The number of para-hydroxylation sites is 1. The number of ketones is 1. The molecule has 0 radical (unpaired) electrons. The Kier molecular flexibility index (Phi) is 5.22. The number of carbonyl (C=O) groups excluding carboxylic acids is 1. The number of hydrogen-bond donors (Lipinski definition) is 0. The number of hydrogen-bond acceptors (Lipinski definition) is 4. The van der Waals surface area contributed by atoms with Gasteiger partial charge in [0.15, 0.2) is 12.4 Å². The molecule has 0 fully saturated rings. The fourth-order valence-corrected chi connectivity index (χ4v) is 4.45. The van der Waals surface area contributed by atoms with Gasteiger partial charge in [-0.1, -0.05) is 66.7 Å². The van der Waals surface area contributed by atoms with E-state index in [1.165, 1.54) is 0 Å². The molecule has 5 rings (SSSR count). The Bertz CT molecular complexity index is 1510. The summed E-state index contributed by atoms with van der Waals surface area (Å²) in [5.41, 5.74) is 2.65. The third-order valence-electron chi connectivity index (χ3n) is 5.33. The third-order valence-corrected chi connectivity index (χ3v) is 6.15. The second kappa shape index (κ2) is 8.33. The number of furan rings is 1. The van der Waals surface area contributed by atoms with Crippen LogP contribution in [0.2, 0.25) is 0 Å². The minimum absolute atomic E-state index is 0.0217. The zero-order chi connectivity index (χ0) is 22.1. The number of ether oxygens (including phenoxy) is 1. The van der Waals surface area contributed by atoms with Crippen molar-refractivity contribution in [1.29, 1.82) is 5.26 Å². The van der Waals surface area contributed by atoms with Gasteiger partial charge in [-0.05, 0) is 44.9 Å². The predicted molar refractivity (Wildman–Crippen MR) is 128 cm³/mol. The van der Waals surface area contributed by atoms with Gasteiger partial charge in [-0.3, -0.25) is 4.79 Å². The fraction of sp³-hybridized carbons (Fsp3) is 0.0370. The van der Waals surface area contributed by atoms with Gasteiger partial charge < -0.3 is 9.15 Å². The smallest absolute Gasteiger partial charge is 0.197 e. The van der Waals surface area contributed by atoms with Crippen LogP contribution in [0, 0.1) is 11.3 Å². The Hall–Kier alpha value is -3.88. The average Bonchev–Trinajstić information content (AvgIpc) is 3.23. The van der Waals surface area contributed by atoms with Crippen molar-refractivity contribution in [3.8, 4) is 23.1 Å². The van der Waals surface area contributed by atoms with Gasteiger partial charge in [0.2, 0.25) is 0 Å². The Morgan fingerprint density at radius 2 is 1.72 bits per heavy atom. The van der Waals surface area contributed by atoms with Crippen molar-refractivity contribution in [2.24, 2.45) is 0 Å². The first-order chi connectivity index (χ1) is 15.7. The summed E-state index contributed by atoms with van der Waals surface area (Å²) in [5.74, 6) is 1.07. The van der Waals surface area contributed by atoms with Crippen LogP contribution in [0.15, 0.2) is 93.8 Å². The molecular formula is C27H16BrNO3. The minimum atomic E-state index is -0.0768. The molecule has 0 unspecified atom stereocenters. The summed E-state index contributed by atoms with van der Waals surface area (Å²) in [6.45, 7) is -0.0217. The molecule has 1 aromatic heterocycles. The zero-order valence-electron chi connectivity index (χ0n) is 16.8. The number of rotatable bonds is 5. The lowest BCUT2D eigenvalue weighted by Crippen LogP contribution is -2.02. The van der Waals surface area contributed by atoms with E-state index in [1.54, 1.807) is 0 Å². The molecule has 154 valence electrons. The number of carbonyl (C=O) groups is 1. The van der Waals surface area contributed by atoms with E-state index in [2.05, 4.69) is 15.9 Å². The molecule has 0 aliphatic carbocycles. The molecule has 4 nitrogen and oxygen atoms in total. The van der Waals surface area contributed by atoms with Crippen LogP contribution in [0.25, 0.3) is 33.1 Å². The maximum atomic E-state index is 13.5. The first kappa shape index (κ1) is 20.0. The monoisotopic (exact) mass is 481 g/mol. The van der Waals surface area contributed by atoms with Gasteiger partial charge in [0.05, 0.1) is 10.0 Å². The number of nitrogens with zero attached hydrogens (tertiary/aromatic N) is 1. The molecule has 0 amide bonds. The summed E-state index contributed by atoms with van der Waals surface area (Å²) >= 11 is 3.58. The standard InChI is InChI=1S/C27H16BrNO3/c28-25-20-12-10-19(16-18(20)11-13-23(25)31-15-14-29)27-24(21-8-4-5-9-22(21)32-27)26(30)17-6-2-1-3-7-17/h1-13,16H,15H2. The molecule has 1 heterocycles. The summed E-state index contributed by atoms with van der Waals surface area (Å²) in [4.78, 5) is 13.5. The summed E-state index contributed by atoms with van der Waals surface area (Å²) < 4.78 is 12.4. The van der Waals surface area contributed by atoms with E-state index in [1.807, 2.05) is 91.0 Å². The zero-order valence-corrected chi connectivity index (χ0v) is 18.4. The molecule has 0 aliphatic rings. The predicted octanol–water partition coefficient (Wildman–Crippen LogP) is 7.15. The van der Waals surface area contributed by atoms with Crippen LogP contribution in [0.4, 0.5) is 0 Å². The van der Waals surface area contributed by atoms with Crippen molar-refractivity contribution in [2.75, 3.05) is 6.61 Å². The Balaban J connectivity index is 1.68. The highest BCUT2D eigenvalue weighted by atomic mass is 79.9. The lowest BCUT2D eigenvalue weighted by molar-refractivity contribution is 0.104. The number of halogens is 1. The van der Waals surface area contributed by atoms with Crippen LogP contribution in [-0.2, 0) is 0 Å². The average molecular weight is 482 g/mol. The maximum Gasteiger partial charge on any atom is 0.197 e. The number of fused-ring (bicyclic) bond motifs is 2. The lowest BCUT2D eigenvalue weighted by atomic mass is 9.96. The summed E-state index contributed by atoms with van der Waals surface area (Å²) in [7, 11) is 0. The Morgan fingerprint density at radius 1 is 0.938 bits per heavy atom. The molecule has 0 aliphatic heterocycles. The van der Waals surface area contributed by atoms with Gasteiger partial charge in [-0.25, -0.2) is 0 Å². The molecule has 5 heteroatoms. The Labute approximate surface area is 192 Å². The van der Waals surface area contributed by atoms with Crippen LogP contribution in [0.3, 0.4) is 0 Å². The van der Waals surface area contributed by atoms with Crippen LogP contribution in [0.1, 0.15) is 15.9 Å². The van der Waals surface area contributed by atoms with Gasteiger partial charge in [0, 0.05) is 16.5 Å². The number of nitriles is 1. The minimum Gasteiger partial charge on any atom is -0.478 e. The van der Waals surface area contributed by atoms with Crippen LogP contribution in [0.5, 0.6) is 5.75 Å². The summed E-state index contributed by atoms with van der Waals surface area (Å²) in [5, 5.41) is 11.5. The second-order valence-electron chi connectivity index (χ2n) is 7.26. The van der Waals surface area contributed by atoms with Crippen LogP contribution < -0.4 is 4.74 Å². The van der Waals surface area contributed by atoms with Crippen LogP contribution >= 0.6 is 15.9 Å². The van der Waals surface area contributed by atoms with E-state index in [4.69, 9.17) is 14.4 Å². The van der Waals surface area contributed by atoms with Gasteiger partial charge >= 0.3 is 0 Å². The van der Waals surface area contributed by atoms with Crippen molar-refractivity contribution in [3.05, 3.63) is 101 Å². The van der Waals surface area contributed by atoms with Crippen LogP contribution in [-0.4, -0.2) is 12.4 Å². The molecule has 5 aromatic rings. The summed E-state index contributed by atoms with van der Waals surface area (Å²) in [6, 6.07) is 28.4. The normalized spacial score (nSPS) is 10.9. The number of benzene rings is 4. The molecule has 4 aromatic carbocycles. The third kappa shape index (κ3) is 3.45. The highest BCUT2D eigenvalue weighted by Gasteiger charge is 2.23. The molecule has 0 atom stereocenters.